The van der Waals surface area contributed by atoms with Crippen molar-refractivity contribution in [3.05, 3.63) is 22.2 Å². The van der Waals surface area contributed by atoms with Crippen molar-refractivity contribution in [3.8, 4) is 0 Å². The molecule has 1 aromatic heterocycles. The van der Waals surface area contributed by atoms with E-state index in [0.717, 1.165) is 19.4 Å². The van der Waals surface area contributed by atoms with Crippen LogP contribution in [0.2, 0.25) is 0 Å². The van der Waals surface area contributed by atoms with E-state index in [1.165, 1.54) is 12.5 Å². The number of nitrogens with zero attached hydrogens (tertiary/aromatic N) is 4. The molecule has 0 bridgehead atoms. The monoisotopic (exact) mass is 279 g/mol. The molecule has 2 N–H and O–H groups in total. The molecule has 1 saturated carbocycles. The van der Waals surface area contributed by atoms with Gasteiger partial charge in [0.25, 0.3) is 0 Å². The molecular weight excluding hydrogens is 258 g/mol. The minimum absolute atomic E-state index is 0.0353. The van der Waals surface area contributed by atoms with Crippen molar-refractivity contribution in [2.45, 2.75) is 24.8 Å². The lowest BCUT2D eigenvalue weighted by Gasteiger charge is -2.49. The Morgan fingerprint density at radius 2 is 2.05 bits per heavy atom. The molecule has 1 aliphatic carbocycles. The average molecular weight is 279 g/mol. The number of pyridine rings is 1. The lowest BCUT2D eigenvalue weighted by Crippen LogP contribution is -2.56. The van der Waals surface area contributed by atoms with Gasteiger partial charge in [-0.2, -0.15) is 0 Å². The molecule has 1 fully saturated rings. The van der Waals surface area contributed by atoms with Gasteiger partial charge in [-0.3, -0.25) is 10.1 Å². The van der Waals surface area contributed by atoms with Crippen LogP contribution in [0.4, 0.5) is 17.3 Å². The number of anilines is 2. The molecule has 0 saturated heterocycles. The van der Waals surface area contributed by atoms with Crippen molar-refractivity contribution in [2.24, 2.45) is 0 Å². The Bertz CT molecular complexity index is 513. The van der Waals surface area contributed by atoms with Crippen molar-refractivity contribution in [3.63, 3.8) is 0 Å². The summed E-state index contributed by atoms with van der Waals surface area (Å²) in [5.74, 6) is 0.632. The van der Waals surface area contributed by atoms with E-state index < -0.39 is 4.92 Å². The number of nitrogens with two attached hydrogens (primary N) is 1. The van der Waals surface area contributed by atoms with E-state index in [1.54, 1.807) is 6.07 Å². The fourth-order valence-electron chi connectivity index (χ4n) is 2.68. The Kier molecular flexibility index (Phi) is 3.80. The maximum absolute atomic E-state index is 10.7. The van der Waals surface area contributed by atoms with Crippen LogP contribution in [-0.4, -0.2) is 48.0 Å². The standard InChI is InChI=1S/C13H21N5O2/c1-16(2)13(7-4-8-13)9-17(3)11-6-5-10(18(19)20)12(14)15-11/h5-6H,4,7-9H2,1-3H3,(H2,14,15). The largest absolute Gasteiger partial charge is 0.378 e. The van der Waals surface area contributed by atoms with Crippen LogP contribution in [0.5, 0.6) is 0 Å². The first-order chi connectivity index (χ1) is 9.35. The molecule has 0 aliphatic heterocycles. The molecule has 7 heteroatoms. The molecule has 0 atom stereocenters. The number of aromatic nitrogens is 1. The van der Waals surface area contributed by atoms with Crippen LogP contribution in [0, 0.1) is 10.1 Å². The molecule has 7 nitrogen and oxygen atoms in total. The fraction of sp³-hybridized carbons (Fsp3) is 0.615. The minimum atomic E-state index is -0.515. The molecule has 110 valence electrons. The molecule has 0 spiro atoms. The number of hydrogen-bond acceptors (Lipinski definition) is 6. The third-order valence-electron chi connectivity index (χ3n) is 4.24. The van der Waals surface area contributed by atoms with E-state index in [9.17, 15) is 10.1 Å². The summed E-state index contributed by atoms with van der Waals surface area (Å²) in [6.45, 7) is 0.838. The van der Waals surface area contributed by atoms with Crippen LogP contribution >= 0.6 is 0 Å². The van der Waals surface area contributed by atoms with Crippen molar-refractivity contribution in [1.29, 1.82) is 0 Å². The number of nitrogen functional groups attached to an aromatic ring is 1. The molecule has 1 aromatic rings. The number of rotatable bonds is 5. The maximum atomic E-state index is 10.7. The highest BCUT2D eigenvalue weighted by atomic mass is 16.6. The fourth-order valence-corrected chi connectivity index (χ4v) is 2.68. The molecular formula is C13H21N5O2. The molecule has 0 unspecified atom stereocenters. The summed E-state index contributed by atoms with van der Waals surface area (Å²) in [5.41, 5.74) is 5.67. The van der Waals surface area contributed by atoms with Gasteiger partial charge in [0.1, 0.15) is 5.82 Å². The van der Waals surface area contributed by atoms with Gasteiger partial charge in [-0.1, -0.05) is 0 Å². The van der Waals surface area contributed by atoms with Crippen LogP contribution < -0.4 is 10.6 Å². The Labute approximate surface area is 118 Å². The lowest BCUT2D eigenvalue weighted by atomic mass is 9.75. The van der Waals surface area contributed by atoms with E-state index in [0.29, 0.717) is 5.82 Å². The summed E-state index contributed by atoms with van der Waals surface area (Å²) in [6, 6.07) is 3.06. The third kappa shape index (κ3) is 2.53. The SMILES string of the molecule is CN(CC1(N(C)C)CCC1)c1ccc([N+](=O)[O-])c(N)n1. The first-order valence-electron chi connectivity index (χ1n) is 6.65. The van der Waals surface area contributed by atoms with Gasteiger partial charge in [0, 0.05) is 25.2 Å². The first kappa shape index (κ1) is 14.5. The highest BCUT2D eigenvalue weighted by Gasteiger charge is 2.40. The highest BCUT2D eigenvalue weighted by Crippen LogP contribution is 2.37. The molecule has 1 aliphatic rings. The lowest BCUT2D eigenvalue weighted by molar-refractivity contribution is -0.384. The summed E-state index contributed by atoms with van der Waals surface area (Å²) in [4.78, 5) is 18.6. The normalized spacial score (nSPS) is 16.8. The van der Waals surface area contributed by atoms with Gasteiger partial charge in [-0.25, -0.2) is 4.98 Å². The summed E-state index contributed by atoms with van der Waals surface area (Å²) < 4.78 is 0. The van der Waals surface area contributed by atoms with Crippen LogP contribution in [0.1, 0.15) is 19.3 Å². The van der Waals surface area contributed by atoms with Crippen molar-refractivity contribution >= 4 is 17.3 Å². The zero-order valence-corrected chi connectivity index (χ0v) is 12.2. The highest BCUT2D eigenvalue weighted by molar-refractivity contribution is 5.57. The van der Waals surface area contributed by atoms with E-state index in [-0.39, 0.29) is 17.0 Å². The van der Waals surface area contributed by atoms with Crippen LogP contribution in [0.3, 0.4) is 0 Å². The molecule has 2 rings (SSSR count). The van der Waals surface area contributed by atoms with Crippen LogP contribution in [0.15, 0.2) is 12.1 Å². The van der Waals surface area contributed by atoms with Gasteiger partial charge in [0.15, 0.2) is 0 Å². The molecule has 1 heterocycles. The third-order valence-corrected chi connectivity index (χ3v) is 4.24. The van der Waals surface area contributed by atoms with E-state index >= 15 is 0 Å². The predicted molar refractivity (Wildman–Crippen MR) is 78.8 cm³/mol. The summed E-state index contributed by atoms with van der Waals surface area (Å²) >= 11 is 0. The predicted octanol–water partition coefficient (Wildman–Crippen LogP) is 1.49. The van der Waals surface area contributed by atoms with Gasteiger partial charge in [-0.15, -0.1) is 0 Å². The second-order valence-electron chi connectivity index (χ2n) is 5.66. The molecule has 0 aromatic carbocycles. The van der Waals surface area contributed by atoms with Gasteiger partial charge in [-0.05, 0) is 39.4 Å². The quantitative estimate of drug-likeness (QED) is 0.649. The minimum Gasteiger partial charge on any atom is -0.378 e. The second kappa shape index (κ2) is 5.24. The zero-order valence-electron chi connectivity index (χ0n) is 12.2. The average Bonchev–Trinajstić information content (AvgIpc) is 2.32. The van der Waals surface area contributed by atoms with E-state index in [2.05, 4.69) is 24.0 Å². The maximum Gasteiger partial charge on any atom is 0.311 e. The smallest absolute Gasteiger partial charge is 0.311 e. The Hall–Kier alpha value is -1.89. The van der Waals surface area contributed by atoms with E-state index in [4.69, 9.17) is 5.73 Å². The van der Waals surface area contributed by atoms with Gasteiger partial charge >= 0.3 is 5.69 Å². The summed E-state index contributed by atoms with van der Waals surface area (Å²) in [6.07, 6.45) is 3.56. The topological polar surface area (TPSA) is 88.5 Å². The Morgan fingerprint density at radius 3 is 2.45 bits per heavy atom. The molecule has 0 radical (unpaired) electrons. The van der Waals surface area contributed by atoms with Crippen LogP contribution in [-0.2, 0) is 0 Å². The van der Waals surface area contributed by atoms with Crippen molar-refractivity contribution in [1.82, 2.24) is 9.88 Å². The van der Waals surface area contributed by atoms with Gasteiger partial charge < -0.3 is 15.5 Å². The van der Waals surface area contributed by atoms with Crippen molar-refractivity contribution in [2.75, 3.05) is 38.3 Å². The number of nitro groups is 1. The number of hydrogen-bond donors (Lipinski definition) is 1. The summed E-state index contributed by atoms with van der Waals surface area (Å²) in [5, 5.41) is 10.7. The second-order valence-corrected chi connectivity index (χ2v) is 5.66. The Morgan fingerprint density at radius 1 is 1.40 bits per heavy atom. The summed E-state index contributed by atoms with van der Waals surface area (Å²) in [7, 11) is 6.12. The molecule has 20 heavy (non-hydrogen) atoms. The van der Waals surface area contributed by atoms with Gasteiger partial charge in [0.05, 0.1) is 4.92 Å². The van der Waals surface area contributed by atoms with Crippen molar-refractivity contribution < 1.29 is 4.92 Å². The molecule has 0 amide bonds. The van der Waals surface area contributed by atoms with E-state index in [1.807, 2.05) is 11.9 Å². The first-order valence-corrected chi connectivity index (χ1v) is 6.65. The zero-order chi connectivity index (χ0) is 14.9. The van der Waals surface area contributed by atoms with Gasteiger partial charge in [0.2, 0.25) is 5.82 Å². The Balaban J connectivity index is 2.15. The van der Waals surface area contributed by atoms with Crippen LogP contribution in [0.25, 0.3) is 0 Å². The number of likely N-dealkylation sites (N-methyl/N-ethyl adjacent to an activating group) is 2.